The highest BCUT2D eigenvalue weighted by Crippen LogP contribution is 2.26. The Kier molecular flexibility index (Phi) is 2.12. The van der Waals surface area contributed by atoms with Gasteiger partial charge in [0.1, 0.15) is 5.69 Å². The van der Waals surface area contributed by atoms with E-state index in [1.807, 2.05) is 11.8 Å². The van der Waals surface area contributed by atoms with Crippen molar-refractivity contribution in [3.05, 3.63) is 11.9 Å². The minimum atomic E-state index is 0.423. The van der Waals surface area contributed by atoms with Crippen LogP contribution in [-0.2, 0) is 0 Å². The van der Waals surface area contributed by atoms with Crippen LogP contribution in [0, 0.1) is 0 Å². The maximum absolute atomic E-state index is 10.3. The number of carbonyl (C=O) groups excluding carboxylic acids is 1. The number of thioether (sulfide) groups is 1. The second-order valence-corrected chi connectivity index (χ2v) is 3.91. The zero-order chi connectivity index (χ0) is 8.39. The molecule has 2 rings (SSSR count). The molecule has 12 heavy (non-hydrogen) atoms. The normalized spacial score (nSPS) is 22.8. The molecule has 0 radical (unpaired) electrons. The smallest absolute Gasteiger partial charge is 0.171 e. The first-order chi connectivity index (χ1) is 5.90. The SMILES string of the molecule is O=Cc1cn([C@H]2CCSC2)nn1. The molecule has 1 aromatic heterocycles. The highest BCUT2D eigenvalue weighted by molar-refractivity contribution is 7.99. The van der Waals surface area contributed by atoms with Crippen molar-refractivity contribution in [1.29, 1.82) is 0 Å². The van der Waals surface area contributed by atoms with Crippen LogP contribution in [0.5, 0.6) is 0 Å². The first kappa shape index (κ1) is 7.79. The fraction of sp³-hybridized carbons (Fsp3) is 0.571. The number of carbonyl (C=O) groups is 1. The Bertz CT molecular complexity index is 280. The summed E-state index contributed by atoms with van der Waals surface area (Å²) < 4.78 is 1.80. The Morgan fingerprint density at radius 2 is 2.67 bits per heavy atom. The Labute approximate surface area is 74.3 Å². The van der Waals surface area contributed by atoms with E-state index in [-0.39, 0.29) is 0 Å². The van der Waals surface area contributed by atoms with Gasteiger partial charge >= 0.3 is 0 Å². The molecular formula is C7H9N3OS. The molecule has 0 amide bonds. The van der Waals surface area contributed by atoms with Crippen LogP contribution in [0.15, 0.2) is 6.20 Å². The number of rotatable bonds is 2. The van der Waals surface area contributed by atoms with Gasteiger partial charge < -0.3 is 0 Å². The minimum absolute atomic E-state index is 0.423. The standard InChI is InChI=1S/C7H9N3OS/c11-4-6-3-10(9-8-6)7-1-2-12-5-7/h3-4,7H,1-2,5H2/t7-/m0/s1. The molecule has 1 aromatic rings. The molecule has 1 fully saturated rings. The van der Waals surface area contributed by atoms with Crippen LogP contribution in [0.4, 0.5) is 0 Å². The fourth-order valence-electron chi connectivity index (χ4n) is 1.25. The van der Waals surface area contributed by atoms with Gasteiger partial charge in [0.15, 0.2) is 6.29 Å². The molecule has 0 aliphatic carbocycles. The van der Waals surface area contributed by atoms with E-state index in [9.17, 15) is 4.79 Å². The van der Waals surface area contributed by atoms with Crippen molar-refractivity contribution in [2.75, 3.05) is 11.5 Å². The van der Waals surface area contributed by atoms with Crippen LogP contribution in [0.2, 0.25) is 0 Å². The molecule has 0 spiro atoms. The lowest BCUT2D eigenvalue weighted by atomic mass is 10.3. The summed E-state index contributed by atoms with van der Waals surface area (Å²) in [6.07, 6.45) is 3.57. The molecule has 0 unspecified atom stereocenters. The maximum Gasteiger partial charge on any atom is 0.171 e. The Morgan fingerprint density at radius 3 is 3.25 bits per heavy atom. The summed E-state index contributed by atoms with van der Waals surface area (Å²) in [5.74, 6) is 2.27. The van der Waals surface area contributed by atoms with E-state index in [0.29, 0.717) is 11.7 Å². The Morgan fingerprint density at radius 1 is 1.75 bits per heavy atom. The monoisotopic (exact) mass is 183 g/mol. The molecule has 0 N–H and O–H groups in total. The van der Waals surface area contributed by atoms with Crippen LogP contribution >= 0.6 is 11.8 Å². The lowest BCUT2D eigenvalue weighted by Gasteiger charge is -2.05. The second kappa shape index (κ2) is 3.26. The minimum Gasteiger partial charge on any atom is -0.296 e. The summed E-state index contributed by atoms with van der Waals surface area (Å²) >= 11 is 1.92. The number of aldehydes is 1. The van der Waals surface area contributed by atoms with Crippen molar-refractivity contribution in [3.63, 3.8) is 0 Å². The van der Waals surface area contributed by atoms with Crippen LogP contribution in [0.1, 0.15) is 23.0 Å². The van der Waals surface area contributed by atoms with Crippen molar-refractivity contribution in [2.45, 2.75) is 12.5 Å². The first-order valence-electron chi connectivity index (χ1n) is 3.85. The molecular weight excluding hydrogens is 174 g/mol. The zero-order valence-corrected chi connectivity index (χ0v) is 7.33. The number of hydrogen-bond donors (Lipinski definition) is 0. The molecule has 5 heteroatoms. The van der Waals surface area contributed by atoms with Gasteiger partial charge in [-0.25, -0.2) is 4.68 Å². The van der Waals surface area contributed by atoms with Crippen molar-refractivity contribution in [1.82, 2.24) is 15.0 Å². The van der Waals surface area contributed by atoms with E-state index in [4.69, 9.17) is 0 Å². The highest BCUT2D eigenvalue weighted by Gasteiger charge is 2.18. The number of nitrogens with zero attached hydrogens (tertiary/aromatic N) is 3. The second-order valence-electron chi connectivity index (χ2n) is 2.76. The van der Waals surface area contributed by atoms with Crippen LogP contribution in [-0.4, -0.2) is 32.8 Å². The lowest BCUT2D eigenvalue weighted by Crippen LogP contribution is -2.08. The molecule has 1 atom stereocenters. The van der Waals surface area contributed by atoms with E-state index < -0.39 is 0 Å². The van der Waals surface area contributed by atoms with E-state index in [2.05, 4.69) is 10.3 Å². The summed E-state index contributed by atoms with van der Waals surface area (Å²) in [5, 5.41) is 7.61. The summed E-state index contributed by atoms with van der Waals surface area (Å²) in [5.41, 5.74) is 0.423. The summed E-state index contributed by atoms with van der Waals surface area (Å²) in [7, 11) is 0. The van der Waals surface area contributed by atoms with E-state index >= 15 is 0 Å². The molecule has 0 saturated carbocycles. The Hall–Kier alpha value is -0.840. The van der Waals surface area contributed by atoms with Crippen molar-refractivity contribution < 1.29 is 4.79 Å². The summed E-state index contributed by atoms with van der Waals surface area (Å²) in [6.45, 7) is 0. The first-order valence-corrected chi connectivity index (χ1v) is 5.00. The van der Waals surface area contributed by atoms with Gasteiger partial charge in [0.05, 0.1) is 12.2 Å². The average Bonchev–Trinajstić information content (AvgIpc) is 2.75. The molecule has 1 saturated heterocycles. The largest absolute Gasteiger partial charge is 0.296 e. The van der Waals surface area contributed by atoms with Gasteiger partial charge in [0, 0.05) is 5.75 Å². The molecule has 1 aliphatic heterocycles. The van der Waals surface area contributed by atoms with Gasteiger partial charge in [-0.1, -0.05) is 5.21 Å². The lowest BCUT2D eigenvalue weighted by molar-refractivity contribution is 0.111. The molecule has 64 valence electrons. The van der Waals surface area contributed by atoms with Gasteiger partial charge in [0.2, 0.25) is 0 Å². The van der Waals surface area contributed by atoms with Crippen molar-refractivity contribution >= 4 is 18.0 Å². The molecule has 2 heterocycles. The predicted molar refractivity (Wildman–Crippen MR) is 46.4 cm³/mol. The van der Waals surface area contributed by atoms with Gasteiger partial charge in [-0.05, 0) is 12.2 Å². The molecule has 0 aromatic carbocycles. The van der Waals surface area contributed by atoms with E-state index in [1.165, 1.54) is 5.75 Å². The topological polar surface area (TPSA) is 47.8 Å². The van der Waals surface area contributed by atoms with Crippen LogP contribution in [0.25, 0.3) is 0 Å². The fourth-order valence-corrected chi connectivity index (χ4v) is 2.45. The molecule has 0 bridgehead atoms. The Balaban J connectivity index is 2.16. The summed E-state index contributed by atoms with van der Waals surface area (Å²) in [4.78, 5) is 10.3. The van der Waals surface area contributed by atoms with Gasteiger partial charge in [-0.3, -0.25) is 4.79 Å². The average molecular weight is 183 g/mol. The van der Waals surface area contributed by atoms with Gasteiger partial charge in [-0.15, -0.1) is 5.10 Å². The molecule has 4 nitrogen and oxygen atoms in total. The van der Waals surface area contributed by atoms with Gasteiger partial charge in [0.25, 0.3) is 0 Å². The molecule has 1 aliphatic rings. The van der Waals surface area contributed by atoms with Crippen LogP contribution < -0.4 is 0 Å². The quantitative estimate of drug-likeness (QED) is 0.635. The van der Waals surface area contributed by atoms with Gasteiger partial charge in [-0.2, -0.15) is 11.8 Å². The summed E-state index contributed by atoms with van der Waals surface area (Å²) in [6, 6.07) is 0.441. The highest BCUT2D eigenvalue weighted by atomic mass is 32.2. The number of hydrogen-bond acceptors (Lipinski definition) is 4. The van der Waals surface area contributed by atoms with E-state index in [0.717, 1.165) is 18.5 Å². The third-order valence-corrected chi connectivity index (χ3v) is 3.07. The van der Waals surface area contributed by atoms with Crippen molar-refractivity contribution in [2.24, 2.45) is 0 Å². The van der Waals surface area contributed by atoms with E-state index in [1.54, 1.807) is 10.9 Å². The maximum atomic E-state index is 10.3. The zero-order valence-electron chi connectivity index (χ0n) is 6.51. The third-order valence-electron chi connectivity index (χ3n) is 1.93. The predicted octanol–water partition coefficient (Wildman–Crippen LogP) is 0.769. The van der Waals surface area contributed by atoms with Crippen molar-refractivity contribution in [3.8, 4) is 0 Å². The van der Waals surface area contributed by atoms with Crippen LogP contribution in [0.3, 0.4) is 0 Å². The number of aromatic nitrogens is 3. The third kappa shape index (κ3) is 1.36.